The van der Waals surface area contributed by atoms with Crippen LogP contribution in [-0.4, -0.2) is 43.2 Å². The molecule has 2 unspecified atom stereocenters. The molecule has 2 aromatic carbocycles. The van der Waals surface area contributed by atoms with E-state index in [2.05, 4.69) is 0 Å². The molecule has 4 rings (SSSR count). The molecule has 2 aliphatic heterocycles. The van der Waals surface area contributed by atoms with Gasteiger partial charge in [-0.15, -0.1) is 0 Å². The van der Waals surface area contributed by atoms with Crippen molar-refractivity contribution in [3.05, 3.63) is 59.7 Å². The van der Waals surface area contributed by atoms with E-state index in [0.29, 0.717) is 16.8 Å². The van der Waals surface area contributed by atoms with Gasteiger partial charge in [0.25, 0.3) is 5.91 Å². The second-order valence-corrected chi connectivity index (χ2v) is 8.46. The van der Waals surface area contributed by atoms with Crippen LogP contribution < -0.4 is 9.22 Å². The van der Waals surface area contributed by atoms with Crippen molar-refractivity contribution >= 4 is 11.6 Å². The molecule has 2 aromatic rings. The molecule has 0 saturated carbocycles. The summed E-state index contributed by atoms with van der Waals surface area (Å²) >= 11 is 0. The molecule has 30 heavy (non-hydrogen) atoms. The normalized spacial score (nSPS) is 24.1. The van der Waals surface area contributed by atoms with Gasteiger partial charge in [0, 0.05) is 31.1 Å². The highest BCUT2D eigenvalue weighted by Gasteiger charge is 2.46. The number of carbonyl (C=O) groups excluding carboxylic acids is 1. The highest BCUT2D eigenvalue weighted by atomic mass is 19.1. The van der Waals surface area contributed by atoms with Gasteiger partial charge >= 0.3 is 0 Å². The van der Waals surface area contributed by atoms with Crippen molar-refractivity contribution in [3.8, 4) is 5.75 Å². The van der Waals surface area contributed by atoms with E-state index in [-0.39, 0.29) is 23.8 Å². The molecule has 2 aliphatic rings. The number of halogens is 2. The molecular formula is C24H29F2N2O2+. The maximum absolute atomic E-state index is 13.9. The fraction of sp³-hybridized carbons (Fsp3) is 0.458. The second-order valence-electron chi connectivity index (χ2n) is 8.46. The number of nitrogens with zero attached hydrogens (tertiary/aromatic N) is 2. The Kier molecular flexibility index (Phi) is 6.04. The van der Waals surface area contributed by atoms with Crippen LogP contribution in [0.5, 0.6) is 5.75 Å². The third-order valence-corrected chi connectivity index (χ3v) is 6.41. The second kappa shape index (κ2) is 8.72. The zero-order valence-electron chi connectivity index (χ0n) is 17.4. The summed E-state index contributed by atoms with van der Waals surface area (Å²) in [7, 11) is 0. The van der Waals surface area contributed by atoms with Gasteiger partial charge in [0.15, 0.2) is 6.54 Å². The largest absolute Gasteiger partial charge is 0.442 e. The Labute approximate surface area is 176 Å². The van der Waals surface area contributed by atoms with Crippen LogP contribution >= 0.6 is 0 Å². The molecule has 2 atom stereocenters. The molecule has 0 aromatic heterocycles. The van der Waals surface area contributed by atoms with Gasteiger partial charge in [-0.1, -0.05) is 0 Å². The average molecular weight is 416 g/mol. The molecule has 2 heterocycles. The summed E-state index contributed by atoms with van der Waals surface area (Å²) in [5.41, 5.74) is 1.74. The maximum atomic E-state index is 13.9. The Morgan fingerprint density at radius 3 is 2.43 bits per heavy atom. The molecule has 2 saturated heterocycles. The van der Waals surface area contributed by atoms with Gasteiger partial charge in [-0.3, -0.25) is 4.79 Å². The minimum absolute atomic E-state index is 0.117. The van der Waals surface area contributed by atoms with Crippen molar-refractivity contribution < 1.29 is 18.3 Å². The van der Waals surface area contributed by atoms with E-state index in [9.17, 15) is 13.6 Å². The zero-order chi connectivity index (χ0) is 21.1. The molecule has 0 radical (unpaired) electrons. The van der Waals surface area contributed by atoms with Gasteiger partial charge in [-0.2, -0.15) is 0 Å². The number of hydrogen-bond acceptors (Lipinski definition) is 2. The summed E-state index contributed by atoms with van der Waals surface area (Å²) in [6.07, 6.45) is 4.52. The van der Waals surface area contributed by atoms with Crippen molar-refractivity contribution in [2.45, 2.75) is 45.3 Å². The summed E-state index contributed by atoms with van der Waals surface area (Å²) in [6.45, 7) is 4.52. The average Bonchev–Trinajstić information content (AvgIpc) is 3.26. The highest BCUT2D eigenvalue weighted by molar-refractivity contribution is 5.81. The smallest absolute Gasteiger partial charge is 0.278 e. The molecule has 6 heteroatoms. The topological polar surface area (TPSA) is 29.5 Å². The van der Waals surface area contributed by atoms with Crippen molar-refractivity contribution in [1.82, 2.24) is 9.38 Å². The fourth-order valence-corrected chi connectivity index (χ4v) is 4.90. The monoisotopic (exact) mass is 415 g/mol. The van der Waals surface area contributed by atoms with Gasteiger partial charge in [0.1, 0.15) is 23.1 Å². The number of carbonyl (C=O) groups is 1. The standard InChI is InChI=1S/C24H29F2N2O2/c1-18-16-20(26)9-12-22(18)28(17-23(29)27-13-3-4-14-27)15-5-2-6-24(28)30-21-10-7-19(25)8-11-21/h7-12,16,24H,2-6,13-15,17H2,1H3/q+1. The van der Waals surface area contributed by atoms with Crippen molar-refractivity contribution in [2.75, 3.05) is 26.2 Å². The number of amides is 1. The van der Waals surface area contributed by atoms with Crippen LogP contribution in [0.2, 0.25) is 0 Å². The Morgan fingerprint density at radius 1 is 1.03 bits per heavy atom. The summed E-state index contributed by atoms with van der Waals surface area (Å²) in [5.74, 6) is 0.101. The first kappa shape index (κ1) is 20.8. The predicted molar refractivity (Wildman–Crippen MR) is 113 cm³/mol. The zero-order valence-corrected chi connectivity index (χ0v) is 17.4. The molecule has 0 N–H and O–H groups in total. The Balaban J connectivity index is 1.72. The number of piperidine rings is 1. The Morgan fingerprint density at radius 2 is 1.73 bits per heavy atom. The molecule has 4 nitrogen and oxygen atoms in total. The number of benzene rings is 2. The van der Waals surface area contributed by atoms with Crippen LogP contribution in [0.4, 0.5) is 14.5 Å². The Bertz CT molecular complexity index is 897. The predicted octanol–water partition coefficient (Wildman–Crippen LogP) is 4.79. The minimum Gasteiger partial charge on any atom is -0.442 e. The fourth-order valence-electron chi connectivity index (χ4n) is 4.90. The van der Waals surface area contributed by atoms with Gasteiger partial charge in [-0.05, 0) is 69.0 Å². The van der Waals surface area contributed by atoms with Gasteiger partial charge in [0.2, 0.25) is 6.23 Å². The summed E-state index contributed by atoms with van der Waals surface area (Å²) in [5, 5.41) is 0. The van der Waals surface area contributed by atoms with Crippen LogP contribution in [0.15, 0.2) is 42.5 Å². The van der Waals surface area contributed by atoms with Crippen LogP contribution in [0.1, 0.15) is 37.7 Å². The molecular weight excluding hydrogens is 386 g/mol. The van der Waals surface area contributed by atoms with E-state index >= 15 is 0 Å². The van der Waals surface area contributed by atoms with Crippen LogP contribution in [-0.2, 0) is 4.79 Å². The van der Waals surface area contributed by atoms with E-state index in [1.54, 1.807) is 18.2 Å². The van der Waals surface area contributed by atoms with E-state index in [1.165, 1.54) is 24.3 Å². The van der Waals surface area contributed by atoms with Gasteiger partial charge in [-0.25, -0.2) is 13.3 Å². The highest BCUT2D eigenvalue weighted by Crippen LogP contribution is 2.37. The van der Waals surface area contributed by atoms with Crippen molar-refractivity contribution in [3.63, 3.8) is 0 Å². The molecule has 0 aliphatic carbocycles. The number of quaternary nitrogens is 1. The van der Waals surface area contributed by atoms with Crippen molar-refractivity contribution in [2.24, 2.45) is 0 Å². The molecule has 160 valence electrons. The van der Waals surface area contributed by atoms with Gasteiger partial charge in [0.05, 0.1) is 6.54 Å². The maximum Gasteiger partial charge on any atom is 0.278 e. The Hall–Kier alpha value is -2.47. The number of ether oxygens (including phenoxy) is 1. The first-order valence-electron chi connectivity index (χ1n) is 10.8. The molecule has 2 fully saturated rings. The lowest BCUT2D eigenvalue weighted by molar-refractivity contribution is -0.134. The first-order valence-corrected chi connectivity index (χ1v) is 10.8. The minimum atomic E-state index is -0.315. The van der Waals surface area contributed by atoms with E-state index < -0.39 is 0 Å². The number of hydrogen-bond donors (Lipinski definition) is 0. The van der Waals surface area contributed by atoms with E-state index in [0.717, 1.165) is 63.0 Å². The lowest BCUT2D eigenvalue weighted by Crippen LogP contribution is -2.65. The molecule has 0 bridgehead atoms. The summed E-state index contributed by atoms with van der Waals surface area (Å²) < 4.78 is 34.0. The van der Waals surface area contributed by atoms with Gasteiger partial charge < -0.3 is 9.64 Å². The van der Waals surface area contributed by atoms with E-state index in [4.69, 9.17) is 4.74 Å². The van der Waals surface area contributed by atoms with Crippen LogP contribution in [0, 0.1) is 18.6 Å². The number of aryl methyl sites for hydroxylation is 1. The first-order chi connectivity index (χ1) is 14.5. The number of rotatable bonds is 5. The lowest BCUT2D eigenvalue weighted by atomic mass is 10.0. The SMILES string of the molecule is Cc1cc(F)ccc1[N+]1(CC(=O)N2CCCC2)CCCCC1Oc1ccc(F)cc1. The van der Waals surface area contributed by atoms with Crippen molar-refractivity contribution in [1.29, 1.82) is 0 Å². The third-order valence-electron chi connectivity index (χ3n) is 6.41. The summed E-state index contributed by atoms with van der Waals surface area (Å²) in [4.78, 5) is 15.2. The van der Waals surface area contributed by atoms with Crippen LogP contribution in [0.25, 0.3) is 0 Å². The summed E-state index contributed by atoms with van der Waals surface area (Å²) in [6, 6.07) is 10.8. The quantitative estimate of drug-likeness (QED) is 0.657. The molecule has 1 amide bonds. The molecule has 0 spiro atoms. The third kappa shape index (κ3) is 4.19. The van der Waals surface area contributed by atoms with E-state index in [1.807, 2.05) is 11.8 Å². The van der Waals surface area contributed by atoms with Crippen LogP contribution in [0.3, 0.4) is 0 Å². The lowest BCUT2D eigenvalue weighted by Gasteiger charge is -2.47. The number of likely N-dealkylation sites (tertiary alicyclic amines) is 2.